The Morgan fingerprint density at radius 3 is 2.69 bits per heavy atom. The second-order valence-electron chi connectivity index (χ2n) is 8.54. The summed E-state index contributed by atoms with van der Waals surface area (Å²) in [6, 6.07) is 12.3. The van der Waals surface area contributed by atoms with Crippen LogP contribution in [0.25, 0.3) is 21.3 Å². The lowest BCUT2D eigenvalue weighted by Gasteiger charge is -2.16. The van der Waals surface area contributed by atoms with Gasteiger partial charge >= 0.3 is 0 Å². The van der Waals surface area contributed by atoms with E-state index in [4.69, 9.17) is 0 Å². The van der Waals surface area contributed by atoms with Crippen LogP contribution in [0.15, 0.2) is 52.9 Å². The number of aryl methyl sites for hydroxylation is 4. The van der Waals surface area contributed by atoms with Crippen molar-refractivity contribution < 1.29 is 4.79 Å². The summed E-state index contributed by atoms with van der Waals surface area (Å²) in [4.78, 5) is 31.1. The molecule has 1 N–H and O–H groups in total. The van der Waals surface area contributed by atoms with Crippen molar-refractivity contribution in [1.82, 2.24) is 9.55 Å². The third kappa shape index (κ3) is 3.86. The number of benzene rings is 2. The molecule has 0 saturated carbocycles. The maximum atomic E-state index is 13.3. The summed E-state index contributed by atoms with van der Waals surface area (Å²) in [6.07, 6.45) is 6.14. The van der Waals surface area contributed by atoms with Crippen molar-refractivity contribution in [3.8, 4) is 11.1 Å². The smallest absolute Gasteiger partial charge is 0.263 e. The van der Waals surface area contributed by atoms with E-state index in [1.807, 2.05) is 37.4 Å². The van der Waals surface area contributed by atoms with Gasteiger partial charge in [-0.25, -0.2) is 4.98 Å². The Morgan fingerprint density at radius 1 is 1.06 bits per heavy atom. The lowest BCUT2D eigenvalue weighted by molar-refractivity contribution is -0.116. The average Bonchev–Trinajstić information content (AvgIpc) is 3.23. The van der Waals surface area contributed by atoms with Crippen LogP contribution in [0, 0.1) is 13.8 Å². The predicted molar refractivity (Wildman–Crippen MR) is 131 cm³/mol. The third-order valence-electron chi connectivity index (χ3n) is 6.32. The SMILES string of the molecule is Cc1ccc(NC(=O)Cn2cnc3scc(-c4ccc5c(c4)CCCC5)c3c2=O)cc1C. The molecule has 1 aliphatic carbocycles. The monoisotopic (exact) mass is 443 g/mol. The van der Waals surface area contributed by atoms with Crippen molar-refractivity contribution in [3.63, 3.8) is 0 Å². The first-order chi connectivity index (χ1) is 15.5. The Labute approximate surface area is 190 Å². The maximum Gasteiger partial charge on any atom is 0.263 e. The van der Waals surface area contributed by atoms with Crippen LogP contribution >= 0.6 is 11.3 Å². The number of aromatic nitrogens is 2. The number of nitrogens with zero attached hydrogens (tertiary/aromatic N) is 2. The van der Waals surface area contributed by atoms with Crippen molar-refractivity contribution >= 4 is 33.1 Å². The first-order valence-electron chi connectivity index (χ1n) is 11.0. The normalized spacial score (nSPS) is 13.2. The molecular weight excluding hydrogens is 418 g/mol. The molecule has 0 spiro atoms. The van der Waals surface area contributed by atoms with Crippen LogP contribution in [0.4, 0.5) is 5.69 Å². The van der Waals surface area contributed by atoms with E-state index < -0.39 is 0 Å². The summed E-state index contributed by atoms with van der Waals surface area (Å²) in [5.41, 5.74) is 7.57. The van der Waals surface area contributed by atoms with Gasteiger partial charge < -0.3 is 5.32 Å². The second-order valence-corrected chi connectivity index (χ2v) is 9.40. The van der Waals surface area contributed by atoms with E-state index >= 15 is 0 Å². The number of thiophene rings is 1. The van der Waals surface area contributed by atoms with Crippen LogP contribution < -0.4 is 10.9 Å². The van der Waals surface area contributed by atoms with Crippen molar-refractivity contribution in [1.29, 1.82) is 0 Å². The molecule has 2 heterocycles. The molecule has 1 amide bonds. The van der Waals surface area contributed by atoms with Gasteiger partial charge in [0, 0.05) is 16.6 Å². The van der Waals surface area contributed by atoms with Gasteiger partial charge in [-0.1, -0.05) is 24.3 Å². The Bertz CT molecular complexity index is 1400. The summed E-state index contributed by atoms with van der Waals surface area (Å²) < 4.78 is 1.40. The molecule has 162 valence electrons. The number of amides is 1. The van der Waals surface area contributed by atoms with Gasteiger partial charge in [0.15, 0.2) is 0 Å². The van der Waals surface area contributed by atoms with Crippen LogP contribution in [0.3, 0.4) is 0 Å². The van der Waals surface area contributed by atoms with Crippen LogP contribution in [-0.4, -0.2) is 15.5 Å². The minimum atomic E-state index is -0.248. The van der Waals surface area contributed by atoms with Crippen LogP contribution in [0.5, 0.6) is 0 Å². The molecule has 6 heteroatoms. The molecule has 0 aliphatic heterocycles. The zero-order chi connectivity index (χ0) is 22.2. The van der Waals surface area contributed by atoms with E-state index in [0.29, 0.717) is 10.2 Å². The molecule has 0 atom stereocenters. The lowest BCUT2D eigenvalue weighted by Crippen LogP contribution is -2.27. The number of fused-ring (bicyclic) bond motifs is 2. The number of anilines is 1. The highest BCUT2D eigenvalue weighted by Gasteiger charge is 2.17. The molecule has 0 radical (unpaired) electrons. The minimum absolute atomic E-state index is 0.0752. The molecule has 0 bridgehead atoms. The van der Waals surface area contributed by atoms with Crippen LogP contribution in [-0.2, 0) is 24.2 Å². The Kier molecular flexibility index (Phi) is 5.39. The number of carbonyl (C=O) groups excluding carboxylic acids is 1. The molecule has 4 aromatic rings. The van der Waals surface area contributed by atoms with Crippen LogP contribution in [0.2, 0.25) is 0 Å². The van der Waals surface area contributed by atoms with Crippen molar-refractivity contribution in [2.45, 2.75) is 46.1 Å². The van der Waals surface area contributed by atoms with E-state index in [0.717, 1.165) is 35.2 Å². The summed E-state index contributed by atoms with van der Waals surface area (Å²) in [5.74, 6) is -0.248. The Hall–Kier alpha value is -3.25. The molecule has 32 heavy (non-hydrogen) atoms. The van der Waals surface area contributed by atoms with Crippen molar-refractivity contribution in [2.75, 3.05) is 5.32 Å². The van der Waals surface area contributed by atoms with E-state index in [9.17, 15) is 9.59 Å². The standard InChI is InChI=1S/C26H25N3O2S/c1-16-7-10-21(11-17(16)2)28-23(30)13-29-15-27-25-24(26(29)31)22(14-32-25)20-9-8-18-5-3-4-6-19(18)12-20/h7-12,14-15H,3-6,13H2,1-2H3,(H,28,30). The fourth-order valence-electron chi connectivity index (χ4n) is 4.37. The van der Waals surface area contributed by atoms with Crippen molar-refractivity contribution in [3.05, 3.63) is 80.7 Å². The number of nitrogens with one attached hydrogen (secondary N) is 1. The zero-order valence-corrected chi connectivity index (χ0v) is 19.1. The average molecular weight is 444 g/mol. The Balaban J connectivity index is 1.45. The lowest BCUT2D eigenvalue weighted by atomic mass is 9.89. The number of carbonyl (C=O) groups is 1. The number of hydrogen-bond donors (Lipinski definition) is 1. The van der Waals surface area contributed by atoms with Gasteiger partial charge in [-0.3, -0.25) is 14.2 Å². The van der Waals surface area contributed by atoms with Crippen molar-refractivity contribution in [2.24, 2.45) is 0 Å². The summed E-state index contributed by atoms with van der Waals surface area (Å²) in [6.45, 7) is 3.96. The molecule has 0 fully saturated rings. The Morgan fingerprint density at radius 2 is 1.88 bits per heavy atom. The number of rotatable bonds is 4. The fourth-order valence-corrected chi connectivity index (χ4v) is 5.27. The van der Waals surface area contributed by atoms with Crippen LogP contribution in [0.1, 0.15) is 35.1 Å². The van der Waals surface area contributed by atoms with Gasteiger partial charge in [-0.15, -0.1) is 11.3 Å². The number of hydrogen-bond acceptors (Lipinski definition) is 4. The molecule has 2 aromatic carbocycles. The summed E-state index contributed by atoms with van der Waals surface area (Å²) in [5, 5.41) is 5.48. The van der Waals surface area contributed by atoms with E-state index in [1.54, 1.807) is 0 Å². The fraction of sp³-hybridized carbons (Fsp3) is 0.269. The highest BCUT2D eigenvalue weighted by molar-refractivity contribution is 7.17. The van der Waals surface area contributed by atoms with Gasteiger partial charge in [-0.2, -0.15) is 0 Å². The highest BCUT2D eigenvalue weighted by atomic mass is 32.1. The van der Waals surface area contributed by atoms with Gasteiger partial charge in [0.25, 0.3) is 5.56 Å². The molecular formula is C26H25N3O2S. The predicted octanol–water partition coefficient (Wildman–Crippen LogP) is 5.26. The molecule has 1 aliphatic rings. The maximum absolute atomic E-state index is 13.3. The molecule has 0 unspecified atom stereocenters. The van der Waals surface area contributed by atoms with Gasteiger partial charge in [-0.05, 0) is 79.5 Å². The molecule has 0 saturated heterocycles. The zero-order valence-electron chi connectivity index (χ0n) is 18.3. The third-order valence-corrected chi connectivity index (χ3v) is 7.21. The second kappa shape index (κ2) is 8.36. The largest absolute Gasteiger partial charge is 0.325 e. The molecule has 5 rings (SSSR count). The highest BCUT2D eigenvalue weighted by Crippen LogP contribution is 2.33. The van der Waals surface area contributed by atoms with Gasteiger partial charge in [0.1, 0.15) is 11.4 Å². The topological polar surface area (TPSA) is 64.0 Å². The first kappa shape index (κ1) is 20.6. The van der Waals surface area contributed by atoms with Gasteiger partial charge in [0.05, 0.1) is 11.7 Å². The van der Waals surface area contributed by atoms with E-state index in [2.05, 4.69) is 28.5 Å². The molecule has 5 nitrogen and oxygen atoms in total. The quantitative estimate of drug-likeness (QED) is 0.468. The minimum Gasteiger partial charge on any atom is -0.325 e. The summed E-state index contributed by atoms with van der Waals surface area (Å²) in [7, 11) is 0. The molecule has 2 aromatic heterocycles. The van der Waals surface area contributed by atoms with Gasteiger partial charge in [0.2, 0.25) is 5.91 Å². The van der Waals surface area contributed by atoms with E-state index in [-0.39, 0.29) is 18.0 Å². The van der Waals surface area contributed by atoms with E-state index in [1.165, 1.54) is 51.8 Å². The summed E-state index contributed by atoms with van der Waals surface area (Å²) >= 11 is 1.47. The first-order valence-corrected chi connectivity index (χ1v) is 11.8.